The van der Waals surface area contributed by atoms with Gasteiger partial charge in [0.2, 0.25) is 5.91 Å². The van der Waals surface area contributed by atoms with Crippen molar-refractivity contribution in [2.75, 3.05) is 19.6 Å². The molecule has 1 fully saturated rings. The summed E-state index contributed by atoms with van der Waals surface area (Å²) in [4.78, 5) is 26.5. The van der Waals surface area contributed by atoms with Gasteiger partial charge < -0.3 is 10.2 Å². The quantitative estimate of drug-likeness (QED) is 0.543. The summed E-state index contributed by atoms with van der Waals surface area (Å²) in [6.07, 6.45) is 4.06. The SMILES string of the molecule is O=C(NCCCN1CCCC1=O)c1cn(Cc2ccccc2Cl)nc1-c1ccccc1. The van der Waals surface area contributed by atoms with Gasteiger partial charge in [-0.2, -0.15) is 5.10 Å². The van der Waals surface area contributed by atoms with Gasteiger partial charge in [0.1, 0.15) is 5.69 Å². The molecule has 0 aliphatic carbocycles. The summed E-state index contributed by atoms with van der Waals surface area (Å²) in [5.41, 5.74) is 2.98. The summed E-state index contributed by atoms with van der Waals surface area (Å²) < 4.78 is 1.75. The van der Waals surface area contributed by atoms with E-state index < -0.39 is 0 Å². The Morgan fingerprint density at radius 3 is 2.61 bits per heavy atom. The number of amides is 2. The van der Waals surface area contributed by atoms with Crippen LogP contribution in [0.25, 0.3) is 11.3 Å². The Morgan fingerprint density at radius 2 is 1.87 bits per heavy atom. The zero-order valence-corrected chi connectivity index (χ0v) is 18.0. The Balaban J connectivity index is 1.48. The van der Waals surface area contributed by atoms with Gasteiger partial charge in [-0.25, -0.2) is 0 Å². The summed E-state index contributed by atoms with van der Waals surface area (Å²) in [6, 6.07) is 17.3. The third-order valence-electron chi connectivity index (χ3n) is 5.41. The van der Waals surface area contributed by atoms with E-state index >= 15 is 0 Å². The van der Waals surface area contributed by atoms with E-state index in [-0.39, 0.29) is 11.8 Å². The minimum atomic E-state index is -0.169. The number of nitrogens with one attached hydrogen (secondary N) is 1. The van der Waals surface area contributed by atoms with Crippen molar-refractivity contribution in [1.82, 2.24) is 20.0 Å². The number of likely N-dealkylation sites (tertiary alicyclic amines) is 1. The van der Waals surface area contributed by atoms with Crippen LogP contribution in [0.5, 0.6) is 0 Å². The molecule has 1 aromatic heterocycles. The Morgan fingerprint density at radius 1 is 1.10 bits per heavy atom. The summed E-state index contributed by atoms with van der Waals surface area (Å²) in [6.45, 7) is 2.48. The van der Waals surface area contributed by atoms with Gasteiger partial charge in [0.25, 0.3) is 5.91 Å². The van der Waals surface area contributed by atoms with E-state index in [1.165, 1.54) is 0 Å². The number of carbonyl (C=O) groups is 2. The third kappa shape index (κ3) is 5.14. The van der Waals surface area contributed by atoms with Crippen LogP contribution in [0.4, 0.5) is 0 Å². The molecule has 2 amide bonds. The van der Waals surface area contributed by atoms with Crippen LogP contribution in [0.2, 0.25) is 5.02 Å². The lowest BCUT2D eigenvalue weighted by atomic mass is 10.1. The van der Waals surface area contributed by atoms with E-state index in [0.29, 0.717) is 42.3 Å². The second-order valence-corrected chi connectivity index (χ2v) is 8.05. The Kier molecular flexibility index (Phi) is 6.67. The molecule has 2 aromatic carbocycles. The number of rotatable bonds is 8. The summed E-state index contributed by atoms with van der Waals surface area (Å²) >= 11 is 6.30. The average Bonchev–Trinajstić information content (AvgIpc) is 3.39. The fourth-order valence-electron chi connectivity index (χ4n) is 3.79. The minimum absolute atomic E-state index is 0.169. The Bertz CT molecular complexity index is 1060. The number of halogens is 1. The Hall–Kier alpha value is -3.12. The van der Waals surface area contributed by atoms with Gasteiger partial charge in [-0.1, -0.05) is 60.1 Å². The molecule has 7 heteroatoms. The first-order chi connectivity index (χ1) is 15.1. The van der Waals surface area contributed by atoms with E-state index in [1.54, 1.807) is 10.9 Å². The van der Waals surface area contributed by atoms with Gasteiger partial charge in [-0.15, -0.1) is 0 Å². The second-order valence-electron chi connectivity index (χ2n) is 7.64. The van der Waals surface area contributed by atoms with Crippen molar-refractivity contribution < 1.29 is 9.59 Å². The summed E-state index contributed by atoms with van der Waals surface area (Å²) in [5, 5.41) is 8.33. The highest BCUT2D eigenvalue weighted by Gasteiger charge is 2.20. The first kappa shape index (κ1) is 21.1. The first-order valence-electron chi connectivity index (χ1n) is 10.5. The normalized spacial score (nSPS) is 13.6. The molecule has 1 saturated heterocycles. The van der Waals surface area contributed by atoms with Crippen molar-refractivity contribution in [3.8, 4) is 11.3 Å². The van der Waals surface area contributed by atoms with Gasteiger partial charge in [-0.3, -0.25) is 14.3 Å². The standard InChI is InChI=1S/C24H25ClN4O2/c25-21-11-5-4-10-19(21)16-29-17-20(23(27-29)18-8-2-1-3-9-18)24(31)26-13-7-15-28-14-6-12-22(28)30/h1-5,8-11,17H,6-7,12-16H2,(H,26,31). The molecule has 1 aliphatic heterocycles. The molecule has 0 bridgehead atoms. The number of hydrogen-bond donors (Lipinski definition) is 1. The predicted molar refractivity (Wildman–Crippen MR) is 121 cm³/mol. The number of benzene rings is 2. The molecule has 0 unspecified atom stereocenters. The molecule has 6 nitrogen and oxygen atoms in total. The van der Waals surface area contributed by atoms with Crippen LogP contribution in [0.3, 0.4) is 0 Å². The van der Waals surface area contributed by atoms with Crippen LogP contribution in [-0.2, 0) is 11.3 Å². The highest BCUT2D eigenvalue weighted by atomic mass is 35.5. The van der Waals surface area contributed by atoms with E-state index in [4.69, 9.17) is 11.6 Å². The molecule has 3 aromatic rings. The number of carbonyl (C=O) groups excluding carboxylic acids is 2. The fourth-order valence-corrected chi connectivity index (χ4v) is 3.98. The average molecular weight is 437 g/mol. The lowest BCUT2D eigenvalue weighted by molar-refractivity contribution is -0.127. The van der Waals surface area contributed by atoms with E-state index in [1.807, 2.05) is 59.5 Å². The van der Waals surface area contributed by atoms with Gasteiger partial charge >= 0.3 is 0 Å². The molecule has 160 valence electrons. The summed E-state index contributed by atoms with van der Waals surface area (Å²) in [7, 11) is 0. The number of nitrogens with zero attached hydrogens (tertiary/aromatic N) is 3. The zero-order valence-electron chi connectivity index (χ0n) is 17.3. The van der Waals surface area contributed by atoms with Crippen molar-refractivity contribution in [2.45, 2.75) is 25.8 Å². The monoisotopic (exact) mass is 436 g/mol. The maximum absolute atomic E-state index is 13.0. The van der Waals surface area contributed by atoms with Crippen LogP contribution < -0.4 is 5.32 Å². The van der Waals surface area contributed by atoms with Crippen LogP contribution >= 0.6 is 11.6 Å². The highest BCUT2D eigenvalue weighted by molar-refractivity contribution is 6.31. The van der Waals surface area contributed by atoms with Crippen molar-refractivity contribution in [3.63, 3.8) is 0 Å². The first-order valence-corrected chi connectivity index (χ1v) is 10.9. The Labute approximate surface area is 186 Å². The second kappa shape index (κ2) is 9.79. The summed E-state index contributed by atoms with van der Waals surface area (Å²) in [5.74, 6) is 0.0375. The fraction of sp³-hybridized carbons (Fsp3) is 0.292. The van der Waals surface area contributed by atoms with Crippen molar-refractivity contribution in [1.29, 1.82) is 0 Å². The van der Waals surface area contributed by atoms with Crippen molar-refractivity contribution in [3.05, 3.63) is 76.9 Å². The predicted octanol–water partition coefficient (Wildman–Crippen LogP) is 3.99. The maximum Gasteiger partial charge on any atom is 0.255 e. The molecular weight excluding hydrogens is 412 g/mol. The van der Waals surface area contributed by atoms with Gasteiger partial charge in [0.15, 0.2) is 0 Å². The van der Waals surface area contributed by atoms with Crippen LogP contribution in [0, 0.1) is 0 Å². The minimum Gasteiger partial charge on any atom is -0.352 e. The molecule has 31 heavy (non-hydrogen) atoms. The van der Waals surface area contributed by atoms with Crippen LogP contribution in [0.1, 0.15) is 35.2 Å². The number of hydrogen-bond acceptors (Lipinski definition) is 3. The molecule has 0 spiro atoms. The van der Waals surface area contributed by atoms with Crippen LogP contribution in [-0.4, -0.2) is 46.1 Å². The molecule has 1 N–H and O–H groups in total. The third-order valence-corrected chi connectivity index (χ3v) is 5.77. The van der Waals surface area contributed by atoms with Gasteiger partial charge in [0.05, 0.1) is 12.1 Å². The number of aromatic nitrogens is 2. The van der Waals surface area contributed by atoms with Gasteiger partial charge in [0, 0.05) is 42.8 Å². The molecule has 1 aliphatic rings. The maximum atomic E-state index is 13.0. The van der Waals surface area contributed by atoms with Crippen molar-refractivity contribution in [2.24, 2.45) is 0 Å². The molecule has 0 radical (unpaired) electrons. The van der Waals surface area contributed by atoms with E-state index in [2.05, 4.69) is 10.4 Å². The topological polar surface area (TPSA) is 67.2 Å². The lowest BCUT2D eigenvalue weighted by Crippen LogP contribution is -2.30. The molecule has 2 heterocycles. The molecule has 0 saturated carbocycles. The van der Waals surface area contributed by atoms with Gasteiger partial charge in [-0.05, 0) is 24.5 Å². The zero-order chi connectivity index (χ0) is 21.6. The highest BCUT2D eigenvalue weighted by Crippen LogP contribution is 2.23. The lowest BCUT2D eigenvalue weighted by Gasteiger charge is -2.15. The largest absolute Gasteiger partial charge is 0.352 e. The smallest absolute Gasteiger partial charge is 0.255 e. The molecular formula is C24H25ClN4O2. The van der Waals surface area contributed by atoms with E-state index in [0.717, 1.165) is 30.5 Å². The molecule has 0 atom stereocenters. The van der Waals surface area contributed by atoms with Crippen molar-refractivity contribution >= 4 is 23.4 Å². The van der Waals surface area contributed by atoms with Crippen LogP contribution in [0.15, 0.2) is 60.8 Å². The van der Waals surface area contributed by atoms with E-state index in [9.17, 15) is 9.59 Å². The molecule has 4 rings (SSSR count).